The van der Waals surface area contributed by atoms with Crippen LogP contribution in [0.25, 0.3) is 10.8 Å². The molecule has 140 valence electrons. The van der Waals surface area contributed by atoms with Gasteiger partial charge >= 0.3 is 6.03 Å². The molecule has 0 radical (unpaired) electrons. The van der Waals surface area contributed by atoms with Crippen molar-refractivity contribution in [3.63, 3.8) is 0 Å². The van der Waals surface area contributed by atoms with Crippen molar-refractivity contribution in [1.29, 1.82) is 0 Å². The molecule has 3 aromatic carbocycles. The zero-order valence-electron chi connectivity index (χ0n) is 14.7. The Bertz CT molecular complexity index is 1150. The largest absolute Gasteiger partial charge is 0.323 e. The number of benzene rings is 3. The molecule has 5 nitrogen and oxygen atoms in total. The van der Waals surface area contributed by atoms with E-state index >= 15 is 0 Å². The summed E-state index contributed by atoms with van der Waals surface area (Å²) >= 11 is 6.05. The molecule has 7 heteroatoms. The van der Waals surface area contributed by atoms with E-state index in [2.05, 4.69) is 15.7 Å². The zero-order chi connectivity index (χ0) is 19.5. The van der Waals surface area contributed by atoms with Crippen molar-refractivity contribution in [3.05, 3.63) is 89.5 Å². The fourth-order valence-electron chi connectivity index (χ4n) is 2.96. The summed E-state index contributed by atoms with van der Waals surface area (Å²) in [6.45, 7) is 0.367. The predicted octanol–water partition coefficient (Wildman–Crippen LogP) is 5.52. The number of fused-ring (bicyclic) bond motifs is 1. The average molecular weight is 395 g/mol. The Hall–Kier alpha value is -3.38. The lowest BCUT2D eigenvalue weighted by molar-refractivity contribution is 0.262. The normalized spacial score (nSPS) is 10.8. The fraction of sp³-hybridized carbons (Fsp3) is 0.0476. The maximum Gasteiger partial charge on any atom is 0.323 e. The number of aromatic nitrogens is 2. The molecule has 0 unspecified atom stereocenters. The first-order valence-electron chi connectivity index (χ1n) is 8.61. The quantitative estimate of drug-likeness (QED) is 0.478. The number of hydrogen-bond donors (Lipinski definition) is 2. The molecule has 0 aliphatic carbocycles. The van der Waals surface area contributed by atoms with E-state index in [9.17, 15) is 9.18 Å². The third-order valence-electron chi connectivity index (χ3n) is 4.28. The van der Waals surface area contributed by atoms with Gasteiger partial charge in [0.05, 0.1) is 24.1 Å². The van der Waals surface area contributed by atoms with Crippen molar-refractivity contribution in [1.82, 2.24) is 9.78 Å². The van der Waals surface area contributed by atoms with Gasteiger partial charge in [0.15, 0.2) is 0 Å². The number of urea groups is 1. The monoisotopic (exact) mass is 394 g/mol. The molecule has 0 spiro atoms. The van der Waals surface area contributed by atoms with Crippen molar-refractivity contribution in [2.45, 2.75) is 6.54 Å². The van der Waals surface area contributed by atoms with Crippen molar-refractivity contribution in [2.24, 2.45) is 0 Å². The highest BCUT2D eigenvalue weighted by Gasteiger charge is 2.09. The third-order valence-corrected chi connectivity index (χ3v) is 4.63. The first-order chi connectivity index (χ1) is 13.6. The van der Waals surface area contributed by atoms with Crippen LogP contribution in [-0.2, 0) is 6.54 Å². The molecule has 2 amide bonds. The van der Waals surface area contributed by atoms with Crippen LogP contribution in [0.15, 0.2) is 73.1 Å². The van der Waals surface area contributed by atoms with Gasteiger partial charge in [-0.05, 0) is 29.1 Å². The molecule has 4 rings (SSSR count). The fourth-order valence-corrected chi connectivity index (χ4v) is 3.19. The summed E-state index contributed by atoms with van der Waals surface area (Å²) in [5, 5.41) is 12.2. The summed E-state index contributed by atoms with van der Waals surface area (Å²) in [4.78, 5) is 12.4. The summed E-state index contributed by atoms with van der Waals surface area (Å²) in [5.74, 6) is -0.387. The molecule has 0 fully saturated rings. The van der Waals surface area contributed by atoms with Gasteiger partial charge in [0.1, 0.15) is 5.82 Å². The molecule has 1 heterocycles. The van der Waals surface area contributed by atoms with Crippen LogP contribution >= 0.6 is 11.6 Å². The Morgan fingerprint density at radius 2 is 1.89 bits per heavy atom. The van der Waals surface area contributed by atoms with Crippen LogP contribution in [0.2, 0.25) is 5.02 Å². The Labute approximate surface area is 165 Å². The maximum absolute atomic E-state index is 13.1. The summed E-state index contributed by atoms with van der Waals surface area (Å²) in [6, 6.07) is 17.4. The van der Waals surface area contributed by atoms with E-state index in [-0.39, 0.29) is 11.8 Å². The lowest BCUT2D eigenvalue weighted by Crippen LogP contribution is -2.19. The van der Waals surface area contributed by atoms with Gasteiger partial charge in [0, 0.05) is 16.6 Å². The van der Waals surface area contributed by atoms with E-state index in [0.29, 0.717) is 17.3 Å². The Morgan fingerprint density at radius 1 is 1.07 bits per heavy atom. The number of anilines is 2. The molecule has 4 aromatic rings. The van der Waals surface area contributed by atoms with Gasteiger partial charge in [-0.2, -0.15) is 5.10 Å². The van der Waals surface area contributed by atoms with Crippen LogP contribution in [0, 0.1) is 5.82 Å². The number of nitrogens with zero attached hydrogens (tertiary/aromatic N) is 2. The summed E-state index contributed by atoms with van der Waals surface area (Å²) in [5.41, 5.74) is 2.00. The molecule has 0 saturated heterocycles. The van der Waals surface area contributed by atoms with Gasteiger partial charge in [-0.3, -0.25) is 4.68 Å². The van der Waals surface area contributed by atoms with Crippen LogP contribution in [-0.4, -0.2) is 15.8 Å². The first-order valence-corrected chi connectivity index (χ1v) is 8.98. The molecule has 1 aromatic heterocycles. The number of rotatable bonds is 4. The number of amides is 2. The second-order valence-corrected chi connectivity index (χ2v) is 6.68. The van der Waals surface area contributed by atoms with Crippen LogP contribution in [0.5, 0.6) is 0 Å². The van der Waals surface area contributed by atoms with E-state index in [1.807, 2.05) is 42.5 Å². The van der Waals surface area contributed by atoms with Gasteiger partial charge in [0.2, 0.25) is 0 Å². The van der Waals surface area contributed by atoms with Crippen LogP contribution in [0.3, 0.4) is 0 Å². The predicted molar refractivity (Wildman–Crippen MR) is 109 cm³/mol. The summed E-state index contributed by atoms with van der Waals surface area (Å²) in [7, 11) is 0. The molecule has 0 aliphatic rings. The highest BCUT2D eigenvalue weighted by Crippen LogP contribution is 2.23. The minimum atomic E-state index is -0.387. The second-order valence-electron chi connectivity index (χ2n) is 6.27. The van der Waals surface area contributed by atoms with Crippen LogP contribution in [0.4, 0.5) is 20.6 Å². The molecule has 28 heavy (non-hydrogen) atoms. The number of hydrogen-bond acceptors (Lipinski definition) is 2. The minimum Gasteiger partial charge on any atom is -0.307 e. The maximum atomic E-state index is 13.1. The van der Waals surface area contributed by atoms with Crippen molar-refractivity contribution in [3.8, 4) is 0 Å². The summed E-state index contributed by atoms with van der Waals surface area (Å²) in [6.07, 6.45) is 3.22. The van der Waals surface area contributed by atoms with Crippen LogP contribution < -0.4 is 10.6 Å². The number of nitrogens with one attached hydrogen (secondary N) is 2. The summed E-state index contributed by atoms with van der Waals surface area (Å²) < 4.78 is 14.8. The number of carbonyl (C=O) groups excluding carboxylic acids is 1. The molecule has 0 aliphatic heterocycles. The van der Waals surface area contributed by atoms with E-state index < -0.39 is 0 Å². The Kier molecular flexibility index (Phi) is 4.95. The average Bonchev–Trinajstić information content (AvgIpc) is 3.11. The first kappa shape index (κ1) is 18.0. The standard InChI is InChI=1S/C21H16ClFN4O/c22-19-10-16(23)9-8-15(19)12-27-13-17(11-24-27)25-21(28)26-20-7-3-5-14-4-1-2-6-18(14)20/h1-11,13H,12H2,(H2,25,26,28). The van der Waals surface area contributed by atoms with Crippen molar-refractivity contribution in [2.75, 3.05) is 10.6 Å². The smallest absolute Gasteiger partial charge is 0.307 e. The van der Waals surface area contributed by atoms with E-state index in [1.165, 1.54) is 12.1 Å². The highest BCUT2D eigenvalue weighted by molar-refractivity contribution is 6.31. The van der Waals surface area contributed by atoms with Gasteiger partial charge in [0.25, 0.3) is 0 Å². The van der Waals surface area contributed by atoms with E-state index in [4.69, 9.17) is 11.6 Å². The zero-order valence-corrected chi connectivity index (χ0v) is 15.4. The minimum absolute atomic E-state index is 0.332. The second kappa shape index (κ2) is 7.70. The van der Waals surface area contributed by atoms with Gasteiger partial charge in [-0.15, -0.1) is 0 Å². The van der Waals surface area contributed by atoms with E-state index in [0.717, 1.165) is 22.0 Å². The lowest BCUT2D eigenvalue weighted by atomic mass is 10.1. The topological polar surface area (TPSA) is 59.0 Å². The third kappa shape index (κ3) is 3.97. The van der Waals surface area contributed by atoms with Crippen molar-refractivity contribution >= 4 is 39.8 Å². The molecule has 0 saturated carbocycles. The Balaban J connectivity index is 1.44. The van der Waals surface area contributed by atoms with Gasteiger partial charge < -0.3 is 10.6 Å². The molecule has 2 N–H and O–H groups in total. The van der Waals surface area contributed by atoms with Gasteiger partial charge in [-0.25, -0.2) is 9.18 Å². The lowest BCUT2D eigenvalue weighted by Gasteiger charge is -2.09. The molecular weight excluding hydrogens is 379 g/mol. The highest BCUT2D eigenvalue weighted by atomic mass is 35.5. The van der Waals surface area contributed by atoms with Gasteiger partial charge in [-0.1, -0.05) is 54.1 Å². The molecular formula is C21H16ClFN4O. The van der Waals surface area contributed by atoms with Crippen molar-refractivity contribution < 1.29 is 9.18 Å². The SMILES string of the molecule is O=C(Nc1cnn(Cc2ccc(F)cc2Cl)c1)Nc1cccc2ccccc12. The van der Waals surface area contributed by atoms with E-state index in [1.54, 1.807) is 23.1 Å². The number of halogens is 2. The Morgan fingerprint density at radius 3 is 2.75 bits per heavy atom. The molecule has 0 atom stereocenters. The number of carbonyl (C=O) groups is 1. The molecule has 0 bridgehead atoms. The van der Waals surface area contributed by atoms with Crippen LogP contribution in [0.1, 0.15) is 5.56 Å².